The number of aryl methyl sites for hydroxylation is 1. The average Bonchev–Trinajstić information content (AvgIpc) is 3.20. The highest BCUT2D eigenvalue weighted by Crippen LogP contribution is 2.34. The first-order valence-electron chi connectivity index (χ1n) is 9.86. The van der Waals surface area contributed by atoms with Crippen LogP contribution in [0.5, 0.6) is 5.75 Å². The van der Waals surface area contributed by atoms with Gasteiger partial charge in [-0.2, -0.15) is 0 Å². The predicted octanol–water partition coefficient (Wildman–Crippen LogP) is 3.06. The Bertz CT molecular complexity index is 851. The zero-order valence-corrected chi connectivity index (χ0v) is 18.0. The first-order chi connectivity index (χ1) is 14.0. The molecule has 1 aromatic heterocycles. The molecule has 156 valence electrons. The van der Waals surface area contributed by atoms with Gasteiger partial charge in [0.25, 0.3) is 0 Å². The van der Waals surface area contributed by atoms with E-state index in [1.165, 1.54) is 16.9 Å². The standard InChI is InChI=1S/C22H28N2O4S/c1-4-23(22(26)15-27-3)13-21(25)24-11-9-20-17(10-12-29-20)18(24)14-28-19-8-6-5-7-16(19)2/h5-8,10,12,18H,4,9,11,13-15H2,1-3H3/t18-/m0/s1. The van der Waals surface area contributed by atoms with Gasteiger partial charge in [0.2, 0.25) is 11.8 Å². The molecule has 2 heterocycles. The number of methoxy groups -OCH3 is 1. The number of rotatable bonds is 8. The zero-order valence-electron chi connectivity index (χ0n) is 17.2. The monoisotopic (exact) mass is 416 g/mol. The summed E-state index contributed by atoms with van der Waals surface area (Å²) < 4.78 is 11.0. The second-order valence-corrected chi connectivity index (χ2v) is 8.07. The van der Waals surface area contributed by atoms with Gasteiger partial charge < -0.3 is 19.3 Å². The van der Waals surface area contributed by atoms with Crippen LogP contribution in [-0.4, -0.2) is 61.6 Å². The summed E-state index contributed by atoms with van der Waals surface area (Å²) in [6.07, 6.45) is 0.831. The molecule has 0 unspecified atom stereocenters. The van der Waals surface area contributed by atoms with E-state index in [0.717, 1.165) is 23.3 Å². The molecule has 29 heavy (non-hydrogen) atoms. The van der Waals surface area contributed by atoms with Crippen LogP contribution in [0.4, 0.5) is 0 Å². The van der Waals surface area contributed by atoms with Gasteiger partial charge in [-0.25, -0.2) is 0 Å². The number of para-hydroxylation sites is 1. The summed E-state index contributed by atoms with van der Waals surface area (Å²) in [5.74, 6) is 0.587. The highest BCUT2D eigenvalue weighted by Gasteiger charge is 2.33. The van der Waals surface area contributed by atoms with Crippen LogP contribution in [0.15, 0.2) is 35.7 Å². The number of benzene rings is 1. The SMILES string of the molecule is CCN(CC(=O)N1CCc2sccc2[C@@H]1COc1ccccc1C)C(=O)COC. The molecule has 2 amide bonds. The quantitative estimate of drug-likeness (QED) is 0.664. The summed E-state index contributed by atoms with van der Waals surface area (Å²) in [4.78, 5) is 30.0. The Morgan fingerprint density at radius 1 is 1.28 bits per heavy atom. The fraction of sp³-hybridized carbons (Fsp3) is 0.455. The Morgan fingerprint density at radius 3 is 2.79 bits per heavy atom. The van der Waals surface area contributed by atoms with Crippen molar-refractivity contribution in [1.29, 1.82) is 0 Å². The largest absolute Gasteiger partial charge is 0.491 e. The minimum absolute atomic E-state index is 0.0182. The van der Waals surface area contributed by atoms with Crippen molar-refractivity contribution in [3.05, 3.63) is 51.7 Å². The van der Waals surface area contributed by atoms with Crippen molar-refractivity contribution in [3.63, 3.8) is 0 Å². The summed E-state index contributed by atoms with van der Waals surface area (Å²) in [5, 5.41) is 2.07. The van der Waals surface area contributed by atoms with Crippen LogP contribution < -0.4 is 4.74 Å². The molecule has 1 aliphatic heterocycles. The van der Waals surface area contributed by atoms with Gasteiger partial charge in [0.1, 0.15) is 19.0 Å². The van der Waals surface area contributed by atoms with Crippen LogP contribution in [-0.2, 0) is 20.7 Å². The van der Waals surface area contributed by atoms with E-state index in [2.05, 4.69) is 11.4 Å². The predicted molar refractivity (Wildman–Crippen MR) is 113 cm³/mol. The molecule has 0 N–H and O–H groups in total. The lowest BCUT2D eigenvalue weighted by atomic mass is 10.0. The van der Waals surface area contributed by atoms with Crippen molar-refractivity contribution >= 4 is 23.2 Å². The molecule has 1 aliphatic rings. The van der Waals surface area contributed by atoms with Gasteiger partial charge in [-0.1, -0.05) is 18.2 Å². The summed E-state index contributed by atoms with van der Waals surface area (Å²) in [5.41, 5.74) is 2.21. The van der Waals surface area contributed by atoms with Crippen LogP contribution in [0.1, 0.15) is 29.0 Å². The van der Waals surface area contributed by atoms with Crippen LogP contribution in [0.2, 0.25) is 0 Å². The molecule has 0 radical (unpaired) electrons. The van der Waals surface area contributed by atoms with Crippen LogP contribution in [0.25, 0.3) is 0 Å². The van der Waals surface area contributed by atoms with Gasteiger partial charge in [-0.05, 0) is 48.9 Å². The number of carbonyl (C=O) groups is 2. The van der Waals surface area contributed by atoms with Gasteiger partial charge in [-0.15, -0.1) is 11.3 Å². The van der Waals surface area contributed by atoms with E-state index in [1.807, 2.05) is 43.0 Å². The van der Waals surface area contributed by atoms with Crippen LogP contribution in [0, 0.1) is 6.92 Å². The highest BCUT2D eigenvalue weighted by atomic mass is 32.1. The molecule has 0 bridgehead atoms. The summed E-state index contributed by atoms with van der Waals surface area (Å²) >= 11 is 1.72. The van der Waals surface area contributed by atoms with Crippen molar-refractivity contribution in [3.8, 4) is 5.75 Å². The van der Waals surface area contributed by atoms with Gasteiger partial charge >= 0.3 is 0 Å². The number of fused-ring (bicyclic) bond motifs is 1. The lowest BCUT2D eigenvalue weighted by Gasteiger charge is -2.37. The summed E-state index contributed by atoms with van der Waals surface area (Å²) in [6, 6.07) is 9.80. The number of likely N-dealkylation sites (N-methyl/N-ethyl adjacent to an activating group) is 1. The summed E-state index contributed by atoms with van der Waals surface area (Å²) in [6.45, 7) is 5.40. The van der Waals surface area contributed by atoms with Crippen molar-refractivity contribution in [2.24, 2.45) is 0 Å². The van der Waals surface area contributed by atoms with Gasteiger partial charge in [0.05, 0.1) is 12.6 Å². The third kappa shape index (κ3) is 4.97. The zero-order chi connectivity index (χ0) is 20.8. The fourth-order valence-electron chi connectivity index (χ4n) is 3.61. The normalized spacial score (nSPS) is 15.7. The lowest BCUT2D eigenvalue weighted by molar-refractivity contribution is -0.144. The average molecular weight is 417 g/mol. The second-order valence-electron chi connectivity index (χ2n) is 7.07. The first kappa shape index (κ1) is 21.3. The van der Waals surface area contributed by atoms with Crippen LogP contribution in [0.3, 0.4) is 0 Å². The van der Waals surface area contributed by atoms with Crippen molar-refractivity contribution in [2.75, 3.05) is 40.0 Å². The Morgan fingerprint density at radius 2 is 2.07 bits per heavy atom. The molecular weight excluding hydrogens is 388 g/mol. The van der Waals surface area contributed by atoms with E-state index in [1.54, 1.807) is 11.3 Å². The van der Waals surface area contributed by atoms with Crippen molar-refractivity contribution < 1.29 is 19.1 Å². The Hall–Kier alpha value is -2.38. The first-order valence-corrected chi connectivity index (χ1v) is 10.7. The smallest absolute Gasteiger partial charge is 0.249 e. The van der Waals surface area contributed by atoms with E-state index in [-0.39, 0.29) is 31.0 Å². The molecule has 0 fully saturated rings. The topological polar surface area (TPSA) is 59.1 Å². The number of carbonyl (C=O) groups excluding carboxylic acids is 2. The van der Waals surface area contributed by atoms with E-state index in [4.69, 9.17) is 9.47 Å². The number of amides is 2. The number of hydrogen-bond donors (Lipinski definition) is 0. The Labute approximate surface area is 176 Å². The third-order valence-corrected chi connectivity index (χ3v) is 6.23. The lowest BCUT2D eigenvalue weighted by Crippen LogP contribution is -2.48. The Kier molecular flexibility index (Phi) is 7.28. The van der Waals surface area contributed by atoms with E-state index >= 15 is 0 Å². The molecule has 7 heteroatoms. The number of nitrogens with zero attached hydrogens (tertiary/aromatic N) is 2. The maximum Gasteiger partial charge on any atom is 0.249 e. The number of ether oxygens (including phenoxy) is 2. The number of hydrogen-bond acceptors (Lipinski definition) is 5. The highest BCUT2D eigenvalue weighted by molar-refractivity contribution is 7.10. The molecule has 0 aliphatic carbocycles. The molecule has 0 spiro atoms. The minimum atomic E-state index is -0.177. The van der Waals surface area contributed by atoms with E-state index in [0.29, 0.717) is 19.7 Å². The van der Waals surface area contributed by atoms with E-state index < -0.39 is 0 Å². The minimum Gasteiger partial charge on any atom is -0.491 e. The van der Waals surface area contributed by atoms with Gasteiger partial charge in [0, 0.05) is 25.1 Å². The molecule has 2 aromatic rings. The molecule has 0 saturated heterocycles. The molecular formula is C22H28N2O4S. The van der Waals surface area contributed by atoms with Gasteiger partial charge in [0.15, 0.2) is 0 Å². The van der Waals surface area contributed by atoms with Crippen LogP contribution >= 0.6 is 11.3 Å². The van der Waals surface area contributed by atoms with E-state index in [9.17, 15) is 9.59 Å². The fourth-order valence-corrected chi connectivity index (χ4v) is 4.54. The Balaban J connectivity index is 1.76. The second kappa shape index (κ2) is 9.89. The maximum atomic E-state index is 13.1. The van der Waals surface area contributed by atoms with Crippen molar-refractivity contribution in [2.45, 2.75) is 26.3 Å². The molecule has 1 aromatic carbocycles. The molecule has 3 rings (SSSR count). The number of thiophene rings is 1. The van der Waals surface area contributed by atoms with Gasteiger partial charge in [-0.3, -0.25) is 9.59 Å². The maximum absolute atomic E-state index is 13.1. The molecule has 1 atom stereocenters. The summed E-state index contributed by atoms with van der Waals surface area (Å²) in [7, 11) is 1.48. The third-order valence-electron chi connectivity index (χ3n) is 5.23. The molecule has 0 saturated carbocycles. The molecule has 6 nitrogen and oxygen atoms in total. The van der Waals surface area contributed by atoms with Crippen molar-refractivity contribution in [1.82, 2.24) is 9.80 Å².